The fraction of sp³-hybridized carbons (Fsp3) is 0.111. The van der Waals surface area contributed by atoms with Crippen molar-refractivity contribution in [3.05, 3.63) is 72.3 Å². The summed E-state index contributed by atoms with van der Waals surface area (Å²) in [6.07, 6.45) is 8.37. The third-order valence-electron chi connectivity index (χ3n) is 3.59. The van der Waals surface area contributed by atoms with Gasteiger partial charge in [-0.3, -0.25) is 4.72 Å². The van der Waals surface area contributed by atoms with E-state index in [9.17, 15) is 13.5 Å². The molecule has 0 saturated carbocycles. The minimum atomic E-state index is -3.68. The normalized spacial score (nSPS) is 14.3. The van der Waals surface area contributed by atoms with Crippen molar-refractivity contribution in [2.75, 3.05) is 4.72 Å². The molecule has 2 aromatic rings. The molecule has 0 aliphatic heterocycles. The van der Waals surface area contributed by atoms with Crippen LogP contribution in [0.15, 0.2) is 71.7 Å². The smallest absolute Gasteiger partial charge is 0.261 e. The molecule has 0 spiro atoms. The van der Waals surface area contributed by atoms with Gasteiger partial charge in [0, 0.05) is 6.07 Å². The molecule has 0 fully saturated rings. The zero-order chi connectivity index (χ0) is 16.3. The Morgan fingerprint density at radius 3 is 2.43 bits per heavy atom. The van der Waals surface area contributed by atoms with Crippen molar-refractivity contribution in [1.82, 2.24) is 0 Å². The van der Waals surface area contributed by atoms with Crippen LogP contribution in [0.5, 0.6) is 5.75 Å². The third-order valence-corrected chi connectivity index (χ3v) is 4.99. The predicted octanol–water partition coefficient (Wildman–Crippen LogP) is 3.93. The molecular weight excluding hydrogens is 310 g/mol. The number of phenolic OH excluding ortho intramolecular Hbond substituents is 1. The van der Waals surface area contributed by atoms with Crippen LogP contribution in [0.2, 0.25) is 0 Å². The van der Waals surface area contributed by atoms with Gasteiger partial charge in [-0.2, -0.15) is 0 Å². The Bertz CT molecular complexity index is 865. The van der Waals surface area contributed by atoms with Crippen molar-refractivity contribution >= 4 is 21.3 Å². The monoisotopic (exact) mass is 327 g/mol. The minimum absolute atomic E-state index is 0.0107. The van der Waals surface area contributed by atoms with Gasteiger partial charge in [-0.25, -0.2) is 8.42 Å². The molecule has 23 heavy (non-hydrogen) atoms. The Kier molecular flexibility index (Phi) is 4.21. The van der Waals surface area contributed by atoms with Gasteiger partial charge in [0.15, 0.2) is 0 Å². The summed E-state index contributed by atoms with van der Waals surface area (Å²) in [4.78, 5) is 0.185. The number of aromatic hydroxyl groups is 1. The lowest BCUT2D eigenvalue weighted by Crippen LogP contribution is -2.12. The van der Waals surface area contributed by atoms with Crippen molar-refractivity contribution in [1.29, 1.82) is 0 Å². The lowest BCUT2D eigenvalue weighted by molar-refractivity contribution is 0.475. The van der Waals surface area contributed by atoms with Gasteiger partial charge >= 0.3 is 0 Å². The maximum Gasteiger partial charge on any atom is 0.261 e. The van der Waals surface area contributed by atoms with Crippen molar-refractivity contribution in [3.63, 3.8) is 0 Å². The first kappa shape index (κ1) is 15.4. The van der Waals surface area contributed by atoms with Crippen LogP contribution in [0.25, 0.3) is 5.57 Å². The summed E-state index contributed by atoms with van der Waals surface area (Å²) < 4.78 is 27.2. The number of nitrogens with one attached hydrogen (secondary N) is 1. The molecule has 0 atom stereocenters. The average molecular weight is 327 g/mol. The molecule has 1 aliphatic rings. The van der Waals surface area contributed by atoms with Crippen LogP contribution >= 0.6 is 0 Å². The van der Waals surface area contributed by atoms with E-state index in [-0.39, 0.29) is 10.6 Å². The van der Waals surface area contributed by atoms with E-state index in [2.05, 4.69) is 23.0 Å². The number of benzene rings is 2. The summed E-state index contributed by atoms with van der Waals surface area (Å²) in [6.45, 7) is 0. The number of hydrogen-bond acceptors (Lipinski definition) is 3. The van der Waals surface area contributed by atoms with Gasteiger partial charge in [-0.1, -0.05) is 36.4 Å². The summed E-state index contributed by atoms with van der Waals surface area (Å²) in [5.74, 6) is 0.0107. The summed E-state index contributed by atoms with van der Waals surface area (Å²) in [6, 6.07) is 12.8. The van der Waals surface area contributed by atoms with E-state index < -0.39 is 10.0 Å². The number of allylic oxidation sites excluding steroid dienone is 4. The van der Waals surface area contributed by atoms with E-state index in [0.29, 0.717) is 5.69 Å². The van der Waals surface area contributed by atoms with E-state index in [1.807, 2.05) is 0 Å². The summed E-state index contributed by atoms with van der Waals surface area (Å²) in [5.41, 5.74) is 2.44. The second-order valence-corrected chi connectivity index (χ2v) is 7.00. The summed E-state index contributed by atoms with van der Waals surface area (Å²) >= 11 is 0. The third kappa shape index (κ3) is 3.63. The maximum absolute atomic E-state index is 12.4. The Balaban J connectivity index is 1.83. The van der Waals surface area contributed by atoms with Gasteiger partial charge in [0.2, 0.25) is 0 Å². The number of hydrogen-bond donors (Lipinski definition) is 2. The van der Waals surface area contributed by atoms with Crippen LogP contribution in [0.4, 0.5) is 5.69 Å². The Morgan fingerprint density at radius 2 is 1.78 bits per heavy atom. The molecule has 1 aliphatic carbocycles. The van der Waals surface area contributed by atoms with E-state index in [1.54, 1.807) is 36.4 Å². The molecule has 4 nitrogen and oxygen atoms in total. The minimum Gasteiger partial charge on any atom is -0.508 e. The molecule has 5 heteroatoms. The predicted molar refractivity (Wildman–Crippen MR) is 91.7 cm³/mol. The lowest BCUT2D eigenvalue weighted by Gasteiger charge is -2.10. The lowest BCUT2D eigenvalue weighted by atomic mass is 10.00. The zero-order valence-corrected chi connectivity index (χ0v) is 13.3. The number of phenols is 1. The fourth-order valence-electron chi connectivity index (χ4n) is 2.44. The van der Waals surface area contributed by atoms with Gasteiger partial charge in [-0.05, 0) is 48.2 Å². The Labute approximate surface area is 135 Å². The molecule has 0 aromatic heterocycles. The highest BCUT2D eigenvalue weighted by molar-refractivity contribution is 7.92. The van der Waals surface area contributed by atoms with Gasteiger partial charge in [0.05, 0.1) is 10.6 Å². The SMILES string of the molecule is O=S(=O)(Nc1cccc(O)c1)c1ccc(C2=CCCC=C2)cc1. The molecule has 3 rings (SSSR count). The van der Waals surface area contributed by atoms with Crippen LogP contribution in [-0.4, -0.2) is 13.5 Å². The van der Waals surface area contributed by atoms with Crippen molar-refractivity contribution in [2.45, 2.75) is 17.7 Å². The number of sulfonamides is 1. The van der Waals surface area contributed by atoms with E-state index in [1.165, 1.54) is 12.1 Å². The fourth-order valence-corrected chi connectivity index (χ4v) is 3.49. The highest BCUT2D eigenvalue weighted by Gasteiger charge is 2.14. The maximum atomic E-state index is 12.4. The molecule has 2 N–H and O–H groups in total. The van der Waals surface area contributed by atoms with Gasteiger partial charge in [-0.15, -0.1) is 0 Å². The zero-order valence-electron chi connectivity index (χ0n) is 12.4. The van der Waals surface area contributed by atoms with Gasteiger partial charge in [0.25, 0.3) is 10.0 Å². The molecule has 0 bridgehead atoms. The highest BCUT2D eigenvalue weighted by atomic mass is 32.2. The van der Waals surface area contributed by atoms with Gasteiger partial charge < -0.3 is 5.11 Å². The standard InChI is InChI=1S/C18H17NO3S/c20-17-8-4-7-16(13-17)19-23(21,22)18-11-9-15(10-12-18)14-5-2-1-3-6-14/h2,4-13,19-20H,1,3H2. The molecule has 118 valence electrons. The first-order chi connectivity index (χ1) is 11.0. The Morgan fingerprint density at radius 1 is 1.00 bits per heavy atom. The summed E-state index contributed by atoms with van der Waals surface area (Å²) in [5, 5.41) is 9.41. The second-order valence-electron chi connectivity index (χ2n) is 5.32. The quantitative estimate of drug-likeness (QED) is 0.894. The summed E-state index contributed by atoms with van der Waals surface area (Å²) in [7, 11) is -3.68. The van der Waals surface area contributed by atoms with E-state index >= 15 is 0 Å². The largest absolute Gasteiger partial charge is 0.508 e. The van der Waals surface area contributed by atoms with E-state index in [0.717, 1.165) is 24.0 Å². The molecule has 2 aromatic carbocycles. The Hall–Kier alpha value is -2.53. The molecule has 0 heterocycles. The van der Waals surface area contributed by atoms with Crippen molar-refractivity contribution in [2.24, 2.45) is 0 Å². The molecule has 0 saturated heterocycles. The van der Waals surface area contributed by atoms with Crippen molar-refractivity contribution < 1.29 is 13.5 Å². The van der Waals surface area contributed by atoms with Crippen molar-refractivity contribution in [3.8, 4) is 5.75 Å². The van der Waals surface area contributed by atoms with Crippen LogP contribution < -0.4 is 4.72 Å². The topological polar surface area (TPSA) is 66.4 Å². The van der Waals surface area contributed by atoms with Crippen LogP contribution in [-0.2, 0) is 10.0 Å². The average Bonchev–Trinajstić information content (AvgIpc) is 2.55. The van der Waals surface area contributed by atoms with Crippen LogP contribution in [0.3, 0.4) is 0 Å². The first-order valence-corrected chi connectivity index (χ1v) is 8.82. The van der Waals surface area contributed by atoms with Crippen LogP contribution in [0.1, 0.15) is 18.4 Å². The second kappa shape index (κ2) is 6.30. The molecular formula is C18H17NO3S. The number of anilines is 1. The molecule has 0 radical (unpaired) electrons. The number of rotatable bonds is 4. The first-order valence-electron chi connectivity index (χ1n) is 7.34. The molecule has 0 unspecified atom stereocenters. The van der Waals surface area contributed by atoms with E-state index in [4.69, 9.17) is 0 Å². The molecule has 0 amide bonds. The highest BCUT2D eigenvalue weighted by Crippen LogP contribution is 2.24. The van der Waals surface area contributed by atoms with Crippen LogP contribution in [0, 0.1) is 0 Å². The van der Waals surface area contributed by atoms with Gasteiger partial charge in [0.1, 0.15) is 5.75 Å².